The molecule has 0 bridgehead atoms. The second-order valence-corrected chi connectivity index (χ2v) is 3.85. The molecular weight excluding hydrogens is 244 g/mol. The monoisotopic (exact) mass is 262 g/mol. The van der Waals surface area contributed by atoms with E-state index in [4.69, 9.17) is 25.5 Å². The molecule has 6 heteroatoms. The average molecular weight is 263 g/mol. The number of hydrogen-bond acceptors (Lipinski definition) is 5. The van der Waals surface area contributed by atoms with Crippen LogP contribution >= 0.6 is 11.6 Å². The lowest BCUT2D eigenvalue weighted by Gasteiger charge is -2.19. The third kappa shape index (κ3) is 4.93. The van der Waals surface area contributed by atoms with Gasteiger partial charge in [-0.15, -0.1) is 11.6 Å². The highest BCUT2D eigenvalue weighted by Crippen LogP contribution is 2.15. The Kier molecular flexibility index (Phi) is 7.00. The van der Waals surface area contributed by atoms with E-state index in [1.54, 1.807) is 20.5 Å². The second kappa shape index (κ2) is 8.33. The minimum Gasteiger partial charge on any atom is -0.432 e. The zero-order valence-corrected chi connectivity index (χ0v) is 11.1. The molecule has 0 fully saturated rings. The lowest BCUT2D eigenvalue weighted by Crippen LogP contribution is -2.29. The van der Waals surface area contributed by atoms with Crippen LogP contribution in [0.25, 0.3) is 0 Å². The summed E-state index contributed by atoms with van der Waals surface area (Å²) in [5, 5.41) is 0. The van der Waals surface area contributed by atoms with E-state index in [1.165, 1.54) is 0 Å². The van der Waals surface area contributed by atoms with Crippen molar-refractivity contribution in [3.8, 4) is 0 Å². The number of hydrogen-bond donors (Lipinski definition) is 0. The summed E-state index contributed by atoms with van der Waals surface area (Å²) in [5.41, 5.74) is 0.746. The number of rotatable bonds is 9. The summed E-state index contributed by atoms with van der Waals surface area (Å²) in [4.78, 5) is 6.32. The SMILES string of the molecule is COCCCN(CCOC)c1nc(CCl)co1. The fourth-order valence-electron chi connectivity index (χ4n) is 1.41. The van der Waals surface area contributed by atoms with Crippen molar-refractivity contribution in [2.75, 3.05) is 45.4 Å². The van der Waals surface area contributed by atoms with Gasteiger partial charge in [0.1, 0.15) is 6.26 Å². The highest BCUT2D eigenvalue weighted by atomic mass is 35.5. The Hall–Kier alpha value is -0.780. The van der Waals surface area contributed by atoms with Crippen molar-refractivity contribution in [1.29, 1.82) is 0 Å². The van der Waals surface area contributed by atoms with Crippen LogP contribution in [0, 0.1) is 0 Å². The topological polar surface area (TPSA) is 47.7 Å². The summed E-state index contributed by atoms with van der Waals surface area (Å²) in [7, 11) is 3.36. The number of anilines is 1. The molecule has 1 rings (SSSR count). The third-order valence-corrected chi connectivity index (χ3v) is 2.56. The number of halogens is 1. The minimum atomic E-state index is 0.361. The van der Waals surface area contributed by atoms with Crippen molar-refractivity contribution in [2.24, 2.45) is 0 Å². The molecular formula is C11H19ClN2O3. The Bertz CT molecular complexity index is 307. The first-order valence-corrected chi connectivity index (χ1v) is 6.08. The van der Waals surface area contributed by atoms with Crippen LogP contribution < -0.4 is 4.90 Å². The Morgan fingerprint density at radius 2 is 2.06 bits per heavy atom. The summed E-state index contributed by atoms with van der Waals surface area (Å²) < 4.78 is 15.5. The number of methoxy groups -OCH3 is 2. The van der Waals surface area contributed by atoms with Gasteiger partial charge in [-0.2, -0.15) is 4.98 Å². The van der Waals surface area contributed by atoms with Crippen LogP contribution in [0.5, 0.6) is 0 Å². The van der Waals surface area contributed by atoms with E-state index in [-0.39, 0.29) is 0 Å². The molecule has 98 valence electrons. The Morgan fingerprint density at radius 1 is 1.29 bits per heavy atom. The van der Waals surface area contributed by atoms with Crippen molar-refractivity contribution in [2.45, 2.75) is 12.3 Å². The Balaban J connectivity index is 2.54. The van der Waals surface area contributed by atoms with Crippen molar-refractivity contribution in [1.82, 2.24) is 4.98 Å². The van der Waals surface area contributed by atoms with Gasteiger partial charge >= 0.3 is 0 Å². The van der Waals surface area contributed by atoms with Gasteiger partial charge in [-0.05, 0) is 6.42 Å². The molecule has 0 amide bonds. The van der Waals surface area contributed by atoms with E-state index >= 15 is 0 Å². The van der Waals surface area contributed by atoms with E-state index in [0.717, 1.165) is 25.2 Å². The number of oxazole rings is 1. The highest BCUT2D eigenvalue weighted by Gasteiger charge is 2.12. The first-order chi connectivity index (χ1) is 8.31. The fraction of sp³-hybridized carbons (Fsp3) is 0.727. The molecule has 0 aliphatic carbocycles. The van der Waals surface area contributed by atoms with Gasteiger partial charge in [-0.25, -0.2) is 0 Å². The zero-order chi connectivity index (χ0) is 12.5. The highest BCUT2D eigenvalue weighted by molar-refractivity contribution is 6.16. The largest absolute Gasteiger partial charge is 0.432 e. The normalized spacial score (nSPS) is 10.8. The number of alkyl halides is 1. The molecule has 0 radical (unpaired) electrons. The minimum absolute atomic E-state index is 0.361. The van der Waals surface area contributed by atoms with Gasteiger partial charge in [-0.3, -0.25) is 0 Å². The van der Waals surface area contributed by atoms with E-state index in [9.17, 15) is 0 Å². The molecule has 5 nitrogen and oxygen atoms in total. The van der Waals surface area contributed by atoms with Gasteiger partial charge in [0.15, 0.2) is 0 Å². The molecule has 0 saturated carbocycles. The predicted molar refractivity (Wildman–Crippen MR) is 66.6 cm³/mol. The molecule has 0 saturated heterocycles. The van der Waals surface area contributed by atoms with Crippen LogP contribution in [0.3, 0.4) is 0 Å². The number of aromatic nitrogens is 1. The fourth-order valence-corrected chi connectivity index (χ4v) is 1.53. The van der Waals surface area contributed by atoms with E-state index < -0.39 is 0 Å². The lowest BCUT2D eigenvalue weighted by atomic mass is 10.4. The smallest absolute Gasteiger partial charge is 0.297 e. The van der Waals surface area contributed by atoms with Gasteiger partial charge in [0.2, 0.25) is 0 Å². The summed E-state index contributed by atoms with van der Waals surface area (Å²) >= 11 is 5.69. The first kappa shape index (κ1) is 14.3. The molecule has 0 unspecified atom stereocenters. The van der Waals surface area contributed by atoms with Crippen molar-refractivity contribution >= 4 is 17.6 Å². The quantitative estimate of drug-likeness (QED) is 0.503. The molecule has 0 aliphatic rings. The molecule has 17 heavy (non-hydrogen) atoms. The molecule has 1 aromatic heterocycles. The van der Waals surface area contributed by atoms with Crippen LogP contribution in [0.15, 0.2) is 10.7 Å². The zero-order valence-electron chi connectivity index (χ0n) is 10.3. The molecule has 1 heterocycles. The van der Waals surface area contributed by atoms with Gasteiger partial charge in [-0.1, -0.05) is 0 Å². The van der Waals surface area contributed by atoms with Gasteiger partial charge < -0.3 is 18.8 Å². The van der Waals surface area contributed by atoms with Crippen LogP contribution in [0.4, 0.5) is 6.01 Å². The lowest BCUT2D eigenvalue weighted by molar-refractivity contribution is 0.190. The van der Waals surface area contributed by atoms with Crippen molar-refractivity contribution in [3.05, 3.63) is 12.0 Å². The van der Waals surface area contributed by atoms with Gasteiger partial charge in [0.25, 0.3) is 6.01 Å². The summed E-state index contributed by atoms with van der Waals surface area (Å²) in [6.45, 7) is 2.90. The maximum absolute atomic E-state index is 5.69. The average Bonchev–Trinajstić information content (AvgIpc) is 2.82. The number of nitrogens with zero attached hydrogens (tertiary/aromatic N) is 2. The Morgan fingerprint density at radius 3 is 2.65 bits per heavy atom. The van der Waals surface area contributed by atoms with Crippen LogP contribution in [0.1, 0.15) is 12.1 Å². The first-order valence-electron chi connectivity index (χ1n) is 5.55. The van der Waals surface area contributed by atoms with Crippen molar-refractivity contribution < 1.29 is 13.9 Å². The standard InChI is InChI=1S/C11H19ClN2O3/c1-15-6-3-4-14(5-7-16-2)11-13-10(8-12)9-17-11/h9H,3-8H2,1-2H3. The summed E-state index contributed by atoms with van der Waals surface area (Å²) in [6.07, 6.45) is 2.50. The molecule has 0 aliphatic heterocycles. The molecule has 0 spiro atoms. The van der Waals surface area contributed by atoms with E-state index in [2.05, 4.69) is 4.98 Å². The summed E-state index contributed by atoms with van der Waals surface area (Å²) in [5.74, 6) is 0.361. The predicted octanol–water partition coefficient (Wildman–Crippen LogP) is 1.90. The Labute approximate surface area is 107 Å². The van der Waals surface area contributed by atoms with Crippen molar-refractivity contribution in [3.63, 3.8) is 0 Å². The number of ether oxygens (including phenoxy) is 2. The van der Waals surface area contributed by atoms with Gasteiger partial charge in [0, 0.05) is 33.9 Å². The molecule has 0 N–H and O–H groups in total. The third-order valence-electron chi connectivity index (χ3n) is 2.29. The van der Waals surface area contributed by atoms with Crippen LogP contribution in [0.2, 0.25) is 0 Å². The molecule has 0 aromatic carbocycles. The second-order valence-electron chi connectivity index (χ2n) is 3.58. The van der Waals surface area contributed by atoms with E-state index in [1.807, 2.05) is 4.90 Å². The summed E-state index contributed by atoms with van der Waals surface area (Å²) in [6, 6.07) is 0.591. The van der Waals surface area contributed by atoms with E-state index in [0.29, 0.717) is 25.1 Å². The van der Waals surface area contributed by atoms with Gasteiger partial charge in [0.05, 0.1) is 18.2 Å². The molecule has 1 aromatic rings. The molecule has 0 atom stereocenters. The van der Waals surface area contributed by atoms with Crippen LogP contribution in [-0.2, 0) is 15.4 Å². The maximum Gasteiger partial charge on any atom is 0.297 e. The van der Waals surface area contributed by atoms with Crippen LogP contribution in [-0.4, -0.2) is 45.5 Å². The maximum atomic E-state index is 5.69.